The molecule has 1 heterocycles. The number of nitrogens with zero attached hydrogens (tertiary/aromatic N) is 1. The van der Waals surface area contributed by atoms with Crippen molar-refractivity contribution in [3.05, 3.63) is 0 Å². The lowest BCUT2D eigenvalue weighted by atomic mass is 9.97. The van der Waals surface area contributed by atoms with Gasteiger partial charge in [0.2, 0.25) is 0 Å². The van der Waals surface area contributed by atoms with Gasteiger partial charge in [0.25, 0.3) is 0 Å². The molecule has 2 nitrogen and oxygen atoms in total. The fourth-order valence-corrected chi connectivity index (χ4v) is 1.88. The van der Waals surface area contributed by atoms with Gasteiger partial charge in [-0.25, -0.2) is 0 Å². The Labute approximate surface area is 76.1 Å². The molecule has 1 aliphatic rings. The van der Waals surface area contributed by atoms with Crippen molar-refractivity contribution in [2.45, 2.75) is 39.2 Å². The standard InChI is InChI=1S/C10H22N2/c1-3-9(4-2)8-12-6-5-10(12)7-11/h9-10H,3-8,11H2,1-2H3. The lowest BCUT2D eigenvalue weighted by Crippen LogP contribution is -2.53. The number of nitrogens with two attached hydrogens (primary N) is 1. The molecule has 72 valence electrons. The van der Waals surface area contributed by atoms with E-state index in [1.165, 1.54) is 32.4 Å². The highest BCUT2D eigenvalue weighted by atomic mass is 15.2. The van der Waals surface area contributed by atoms with Crippen molar-refractivity contribution in [3.63, 3.8) is 0 Å². The van der Waals surface area contributed by atoms with Crippen molar-refractivity contribution in [2.75, 3.05) is 19.6 Å². The fourth-order valence-electron chi connectivity index (χ4n) is 1.88. The van der Waals surface area contributed by atoms with Crippen LogP contribution in [-0.2, 0) is 0 Å². The number of rotatable bonds is 5. The lowest BCUT2D eigenvalue weighted by Gasteiger charge is -2.42. The fraction of sp³-hybridized carbons (Fsp3) is 1.00. The molecule has 0 aromatic rings. The third-order valence-corrected chi connectivity index (χ3v) is 3.19. The first kappa shape index (κ1) is 10.0. The summed E-state index contributed by atoms with van der Waals surface area (Å²) in [5, 5.41) is 0. The van der Waals surface area contributed by atoms with Crippen molar-refractivity contribution in [2.24, 2.45) is 11.7 Å². The van der Waals surface area contributed by atoms with Gasteiger partial charge < -0.3 is 5.73 Å². The number of hydrogen-bond acceptors (Lipinski definition) is 2. The van der Waals surface area contributed by atoms with Crippen LogP contribution in [0.25, 0.3) is 0 Å². The van der Waals surface area contributed by atoms with Crippen LogP contribution in [-0.4, -0.2) is 30.6 Å². The smallest absolute Gasteiger partial charge is 0.0230 e. The van der Waals surface area contributed by atoms with Gasteiger partial charge >= 0.3 is 0 Å². The molecule has 0 radical (unpaired) electrons. The van der Waals surface area contributed by atoms with E-state index >= 15 is 0 Å². The second-order valence-corrected chi connectivity index (χ2v) is 3.86. The summed E-state index contributed by atoms with van der Waals surface area (Å²) in [4.78, 5) is 2.54. The minimum atomic E-state index is 0.700. The number of hydrogen-bond donors (Lipinski definition) is 1. The van der Waals surface area contributed by atoms with Gasteiger partial charge in [-0.2, -0.15) is 0 Å². The summed E-state index contributed by atoms with van der Waals surface area (Å²) in [6.07, 6.45) is 3.94. The summed E-state index contributed by atoms with van der Waals surface area (Å²) >= 11 is 0. The third-order valence-electron chi connectivity index (χ3n) is 3.19. The Kier molecular flexibility index (Phi) is 4.02. The van der Waals surface area contributed by atoms with Gasteiger partial charge in [-0.05, 0) is 12.3 Å². The van der Waals surface area contributed by atoms with Crippen molar-refractivity contribution in [1.29, 1.82) is 0 Å². The topological polar surface area (TPSA) is 29.3 Å². The summed E-state index contributed by atoms with van der Waals surface area (Å²) in [5.74, 6) is 0.888. The van der Waals surface area contributed by atoms with Gasteiger partial charge in [0.05, 0.1) is 0 Å². The van der Waals surface area contributed by atoms with Gasteiger partial charge in [0.15, 0.2) is 0 Å². The van der Waals surface area contributed by atoms with Gasteiger partial charge in [0, 0.05) is 25.7 Å². The molecule has 0 spiro atoms. The van der Waals surface area contributed by atoms with E-state index < -0.39 is 0 Å². The van der Waals surface area contributed by atoms with Crippen LogP contribution in [0.15, 0.2) is 0 Å². The SMILES string of the molecule is CCC(CC)CN1CCC1CN. The second kappa shape index (κ2) is 4.83. The second-order valence-electron chi connectivity index (χ2n) is 3.86. The zero-order valence-electron chi connectivity index (χ0n) is 8.42. The highest BCUT2D eigenvalue weighted by Gasteiger charge is 2.27. The summed E-state index contributed by atoms with van der Waals surface area (Å²) in [6.45, 7) is 7.96. The molecule has 2 N–H and O–H groups in total. The quantitative estimate of drug-likeness (QED) is 0.677. The Balaban J connectivity index is 2.21. The summed E-state index contributed by atoms with van der Waals surface area (Å²) < 4.78 is 0. The van der Waals surface area contributed by atoms with Crippen LogP contribution in [0.5, 0.6) is 0 Å². The van der Waals surface area contributed by atoms with Crippen molar-refractivity contribution in [3.8, 4) is 0 Å². The maximum atomic E-state index is 5.64. The highest BCUT2D eigenvalue weighted by Crippen LogP contribution is 2.20. The molecule has 1 atom stereocenters. The van der Waals surface area contributed by atoms with Crippen LogP contribution in [0, 0.1) is 5.92 Å². The monoisotopic (exact) mass is 170 g/mol. The Morgan fingerprint density at radius 1 is 1.42 bits per heavy atom. The normalized spacial score (nSPS) is 24.5. The van der Waals surface area contributed by atoms with Gasteiger partial charge in [0.1, 0.15) is 0 Å². The molecule has 0 amide bonds. The maximum Gasteiger partial charge on any atom is 0.0230 e. The molecule has 1 saturated heterocycles. The van der Waals surface area contributed by atoms with Crippen LogP contribution in [0.1, 0.15) is 33.1 Å². The van der Waals surface area contributed by atoms with Gasteiger partial charge in [-0.3, -0.25) is 4.90 Å². The lowest BCUT2D eigenvalue weighted by molar-refractivity contribution is 0.0749. The van der Waals surface area contributed by atoms with E-state index in [9.17, 15) is 0 Å². The molecule has 0 aliphatic carbocycles. The molecule has 12 heavy (non-hydrogen) atoms. The average Bonchev–Trinajstić information content (AvgIpc) is 2.05. The molecular formula is C10H22N2. The molecule has 1 fully saturated rings. The Bertz CT molecular complexity index is 119. The molecule has 1 rings (SSSR count). The van der Waals surface area contributed by atoms with Gasteiger partial charge in [-0.15, -0.1) is 0 Å². The third kappa shape index (κ3) is 2.20. The van der Waals surface area contributed by atoms with Crippen LogP contribution in [0.2, 0.25) is 0 Å². The van der Waals surface area contributed by atoms with Crippen LogP contribution in [0.4, 0.5) is 0 Å². The van der Waals surface area contributed by atoms with E-state index in [4.69, 9.17) is 5.73 Å². The molecule has 0 aromatic carbocycles. The first-order valence-corrected chi connectivity index (χ1v) is 5.25. The maximum absolute atomic E-state index is 5.64. The minimum Gasteiger partial charge on any atom is -0.329 e. The van der Waals surface area contributed by atoms with E-state index in [0.29, 0.717) is 6.04 Å². The van der Waals surface area contributed by atoms with Crippen LogP contribution in [0.3, 0.4) is 0 Å². The summed E-state index contributed by atoms with van der Waals surface area (Å²) in [6, 6.07) is 0.700. The molecule has 0 bridgehead atoms. The van der Waals surface area contributed by atoms with E-state index in [1.54, 1.807) is 0 Å². The highest BCUT2D eigenvalue weighted by molar-refractivity contribution is 4.84. The molecule has 2 heteroatoms. The van der Waals surface area contributed by atoms with Crippen molar-refractivity contribution >= 4 is 0 Å². The Morgan fingerprint density at radius 2 is 2.08 bits per heavy atom. The molecular weight excluding hydrogens is 148 g/mol. The van der Waals surface area contributed by atoms with Crippen LogP contribution >= 0.6 is 0 Å². The van der Waals surface area contributed by atoms with E-state index in [-0.39, 0.29) is 0 Å². The first-order chi connectivity index (χ1) is 5.81. The molecule has 0 saturated carbocycles. The van der Waals surface area contributed by atoms with E-state index in [1.807, 2.05) is 0 Å². The zero-order chi connectivity index (χ0) is 8.97. The average molecular weight is 170 g/mol. The summed E-state index contributed by atoms with van der Waals surface area (Å²) in [7, 11) is 0. The summed E-state index contributed by atoms with van der Waals surface area (Å²) in [5.41, 5.74) is 5.64. The minimum absolute atomic E-state index is 0.700. The van der Waals surface area contributed by atoms with E-state index in [0.717, 1.165) is 12.5 Å². The Morgan fingerprint density at radius 3 is 2.42 bits per heavy atom. The molecule has 1 aliphatic heterocycles. The predicted molar refractivity (Wildman–Crippen MR) is 53.1 cm³/mol. The largest absolute Gasteiger partial charge is 0.329 e. The predicted octanol–water partition coefficient (Wildman–Crippen LogP) is 1.46. The molecule has 0 aromatic heterocycles. The van der Waals surface area contributed by atoms with E-state index in [2.05, 4.69) is 18.7 Å². The Hall–Kier alpha value is -0.0800. The van der Waals surface area contributed by atoms with Crippen LogP contribution < -0.4 is 5.73 Å². The van der Waals surface area contributed by atoms with Crippen molar-refractivity contribution < 1.29 is 0 Å². The van der Waals surface area contributed by atoms with Crippen molar-refractivity contribution in [1.82, 2.24) is 4.90 Å². The molecule has 1 unspecified atom stereocenters. The first-order valence-electron chi connectivity index (χ1n) is 5.25. The zero-order valence-corrected chi connectivity index (χ0v) is 8.42. The van der Waals surface area contributed by atoms with Gasteiger partial charge in [-0.1, -0.05) is 26.7 Å². The number of likely N-dealkylation sites (tertiary alicyclic amines) is 1.